The zero-order valence-corrected chi connectivity index (χ0v) is 19.3. The van der Waals surface area contributed by atoms with E-state index in [0.29, 0.717) is 22.8 Å². The number of piperazine rings is 1. The highest BCUT2D eigenvalue weighted by Gasteiger charge is 2.31. The summed E-state index contributed by atoms with van der Waals surface area (Å²) in [4.78, 5) is 14.9. The summed E-state index contributed by atoms with van der Waals surface area (Å²) in [6.45, 7) is 1.000. The summed E-state index contributed by atoms with van der Waals surface area (Å²) in [5.74, 6) is 0.949. The maximum absolute atomic E-state index is 13.0. The van der Waals surface area contributed by atoms with Crippen molar-refractivity contribution < 1.29 is 27.4 Å². The lowest BCUT2D eigenvalue weighted by Crippen LogP contribution is -2.50. The van der Waals surface area contributed by atoms with Crippen LogP contribution in [0.4, 0.5) is 0 Å². The summed E-state index contributed by atoms with van der Waals surface area (Å²) in [7, 11) is 0.855. The van der Waals surface area contributed by atoms with Crippen LogP contribution < -0.4 is 14.2 Å². The Labute approximate surface area is 184 Å². The van der Waals surface area contributed by atoms with Crippen LogP contribution in [0, 0.1) is 0 Å². The lowest BCUT2D eigenvalue weighted by molar-refractivity contribution is 0.0697. The van der Waals surface area contributed by atoms with Crippen molar-refractivity contribution in [3.8, 4) is 17.2 Å². The van der Waals surface area contributed by atoms with Gasteiger partial charge in [-0.1, -0.05) is 15.9 Å². The Kier molecular flexibility index (Phi) is 6.89. The Morgan fingerprint density at radius 3 is 1.90 bits per heavy atom. The predicted octanol–water partition coefficient (Wildman–Crippen LogP) is 2.62. The number of benzene rings is 2. The largest absolute Gasteiger partial charge is 0.493 e. The maximum Gasteiger partial charge on any atom is 0.254 e. The van der Waals surface area contributed by atoms with Crippen molar-refractivity contribution in [3.63, 3.8) is 0 Å². The summed E-state index contributed by atoms with van der Waals surface area (Å²) in [5.41, 5.74) is 0.383. The smallest absolute Gasteiger partial charge is 0.254 e. The van der Waals surface area contributed by atoms with Crippen LogP contribution >= 0.6 is 15.9 Å². The van der Waals surface area contributed by atoms with Gasteiger partial charge in [0, 0.05) is 36.2 Å². The maximum atomic E-state index is 13.0. The molecule has 0 saturated carbocycles. The molecule has 1 fully saturated rings. The minimum absolute atomic E-state index is 0.217. The molecular formula is C20H23BrN2O6S. The molecule has 0 radical (unpaired) electrons. The Morgan fingerprint density at radius 2 is 1.43 bits per heavy atom. The van der Waals surface area contributed by atoms with Crippen LogP contribution in [0.5, 0.6) is 17.2 Å². The number of methoxy groups -OCH3 is 3. The van der Waals surface area contributed by atoms with Gasteiger partial charge in [0.25, 0.3) is 5.91 Å². The van der Waals surface area contributed by atoms with E-state index in [9.17, 15) is 13.2 Å². The van der Waals surface area contributed by atoms with Gasteiger partial charge in [-0.2, -0.15) is 4.31 Å². The summed E-state index contributed by atoms with van der Waals surface area (Å²) in [6.07, 6.45) is 0. The normalized spacial score (nSPS) is 15.0. The van der Waals surface area contributed by atoms with Crippen molar-refractivity contribution in [2.75, 3.05) is 47.5 Å². The molecule has 0 aliphatic carbocycles. The fourth-order valence-electron chi connectivity index (χ4n) is 3.27. The highest BCUT2D eigenvalue weighted by atomic mass is 79.9. The fourth-order valence-corrected chi connectivity index (χ4v) is 4.96. The lowest BCUT2D eigenvalue weighted by Gasteiger charge is -2.34. The van der Waals surface area contributed by atoms with E-state index in [2.05, 4.69) is 15.9 Å². The van der Waals surface area contributed by atoms with Crippen molar-refractivity contribution in [2.24, 2.45) is 0 Å². The number of ether oxygens (including phenoxy) is 3. The highest BCUT2D eigenvalue weighted by molar-refractivity contribution is 9.10. The molecule has 162 valence electrons. The van der Waals surface area contributed by atoms with Gasteiger partial charge in [-0.15, -0.1) is 0 Å². The third kappa shape index (κ3) is 4.40. The van der Waals surface area contributed by atoms with Gasteiger partial charge >= 0.3 is 0 Å². The van der Waals surface area contributed by atoms with Gasteiger partial charge in [0.1, 0.15) is 0 Å². The Morgan fingerprint density at radius 1 is 0.900 bits per heavy atom. The van der Waals surface area contributed by atoms with Gasteiger partial charge in [0.2, 0.25) is 15.8 Å². The second kappa shape index (κ2) is 9.23. The molecule has 1 aliphatic rings. The quantitative estimate of drug-likeness (QED) is 0.608. The van der Waals surface area contributed by atoms with Crippen LogP contribution in [0.2, 0.25) is 0 Å². The molecule has 8 nitrogen and oxygen atoms in total. The van der Waals surface area contributed by atoms with Crippen LogP contribution in [-0.2, 0) is 10.0 Å². The molecule has 0 N–H and O–H groups in total. The van der Waals surface area contributed by atoms with Crippen molar-refractivity contribution in [3.05, 3.63) is 46.4 Å². The number of rotatable bonds is 6. The minimum atomic E-state index is -3.60. The van der Waals surface area contributed by atoms with Gasteiger partial charge in [-0.3, -0.25) is 4.79 Å². The molecule has 0 atom stereocenters. The van der Waals surface area contributed by atoms with E-state index in [1.54, 1.807) is 41.3 Å². The number of halogens is 1. The highest BCUT2D eigenvalue weighted by Crippen LogP contribution is 2.38. The number of nitrogens with zero attached hydrogens (tertiary/aromatic N) is 2. The molecule has 0 bridgehead atoms. The van der Waals surface area contributed by atoms with Crippen molar-refractivity contribution in [2.45, 2.75) is 4.90 Å². The molecule has 0 aromatic heterocycles. The molecule has 2 aromatic rings. The zero-order chi connectivity index (χ0) is 21.9. The predicted molar refractivity (Wildman–Crippen MR) is 115 cm³/mol. The molecule has 0 unspecified atom stereocenters. The van der Waals surface area contributed by atoms with E-state index < -0.39 is 10.0 Å². The summed E-state index contributed by atoms with van der Waals surface area (Å²) in [6, 6.07) is 9.69. The third-order valence-corrected chi connectivity index (χ3v) is 7.33. The molecular weight excluding hydrogens is 476 g/mol. The summed E-state index contributed by atoms with van der Waals surface area (Å²) >= 11 is 3.31. The zero-order valence-electron chi connectivity index (χ0n) is 16.9. The topological polar surface area (TPSA) is 85.4 Å². The van der Waals surface area contributed by atoms with Gasteiger partial charge < -0.3 is 19.1 Å². The SMILES string of the molecule is COc1cc(C(=O)N2CCN(S(=O)(=O)c3ccc(Br)cc3)CC2)cc(OC)c1OC. The number of carbonyl (C=O) groups excluding carboxylic acids is 1. The van der Waals surface area contributed by atoms with E-state index in [1.165, 1.54) is 25.6 Å². The molecule has 3 rings (SSSR count). The van der Waals surface area contributed by atoms with E-state index in [4.69, 9.17) is 14.2 Å². The molecule has 10 heteroatoms. The number of amides is 1. The molecule has 1 heterocycles. The van der Waals surface area contributed by atoms with Crippen LogP contribution in [0.3, 0.4) is 0 Å². The first-order valence-corrected chi connectivity index (χ1v) is 11.4. The van der Waals surface area contributed by atoms with Gasteiger partial charge in [0.05, 0.1) is 26.2 Å². The van der Waals surface area contributed by atoms with Crippen molar-refractivity contribution >= 4 is 31.9 Å². The van der Waals surface area contributed by atoms with E-state index in [0.717, 1.165) is 4.47 Å². The molecule has 1 aliphatic heterocycles. The number of hydrogen-bond donors (Lipinski definition) is 0. The lowest BCUT2D eigenvalue weighted by atomic mass is 10.1. The fraction of sp³-hybridized carbons (Fsp3) is 0.350. The Balaban J connectivity index is 1.75. The monoisotopic (exact) mass is 498 g/mol. The first-order valence-electron chi connectivity index (χ1n) is 9.16. The molecule has 0 spiro atoms. The van der Waals surface area contributed by atoms with Crippen molar-refractivity contribution in [1.82, 2.24) is 9.21 Å². The average Bonchev–Trinajstić information content (AvgIpc) is 2.77. The summed E-state index contributed by atoms with van der Waals surface area (Å²) in [5, 5.41) is 0. The van der Waals surface area contributed by atoms with Crippen LogP contribution in [0.25, 0.3) is 0 Å². The van der Waals surface area contributed by atoms with Gasteiger partial charge in [-0.25, -0.2) is 8.42 Å². The van der Waals surface area contributed by atoms with E-state index >= 15 is 0 Å². The third-order valence-electron chi connectivity index (χ3n) is 4.89. The number of carbonyl (C=O) groups is 1. The van der Waals surface area contributed by atoms with Crippen LogP contribution in [0.1, 0.15) is 10.4 Å². The van der Waals surface area contributed by atoms with E-state index in [1.807, 2.05) is 0 Å². The molecule has 30 heavy (non-hydrogen) atoms. The number of sulfonamides is 1. The van der Waals surface area contributed by atoms with Crippen LogP contribution in [0.15, 0.2) is 45.8 Å². The number of hydrogen-bond acceptors (Lipinski definition) is 6. The average molecular weight is 499 g/mol. The first-order chi connectivity index (χ1) is 14.3. The molecule has 1 saturated heterocycles. The van der Waals surface area contributed by atoms with Gasteiger partial charge in [0.15, 0.2) is 11.5 Å². The Hall–Kier alpha value is -2.30. The molecule has 2 aromatic carbocycles. The second-order valence-electron chi connectivity index (χ2n) is 6.56. The van der Waals surface area contributed by atoms with Crippen LogP contribution in [-0.4, -0.2) is 71.0 Å². The summed E-state index contributed by atoms with van der Waals surface area (Å²) < 4.78 is 43.8. The molecule has 1 amide bonds. The van der Waals surface area contributed by atoms with E-state index in [-0.39, 0.29) is 37.0 Å². The second-order valence-corrected chi connectivity index (χ2v) is 9.42. The first kappa shape index (κ1) is 22.4. The van der Waals surface area contributed by atoms with Crippen molar-refractivity contribution in [1.29, 1.82) is 0 Å². The minimum Gasteiger partial charge on any atom is -0.493 e. The standard InChI is InChI=1S/C20H23BrN2O6S/c1-27-17-12-14(13-18(28-2)19(17)29-3)20(24)22-8-10-23(11-9-22)30(25,26)16-6-4-15(21)5-7-16/h4-7,12-13H,8-11H2,1-3H3. The van der Waals surface area contributed by atoms with Gasteiger partial charge in [-0.05, 0) is 36.4 Å². The Bertz CT molecular complexity index is 993.